The number of benzene rings is 1. The molecule has 20 heavy (non-hydrogen) atoms. The zero-order valence-electron chi connectivity index (χ0n) is 12.0. The Labute approximate surface area is 118 Å². The van der Waals surface area contributed by atoms with Crippen LogP contribution in [-0.2, 0) is 0 Å². The van der Waals surface area contributed by atoms with Crippen molar-refractivity contribution in [3.8, 4) is 5.75 Å². The van der Waals surface area contributed by atoms with Gasteiger partial charge in [0.25, 0.3) is 0 Å². The van der Waals surface area contributed by atoms with Crippen LogP contribution in [0, 0.1) is 6.92 Å². The van der Waals surface area contributed by atoms with Gasteiger partial charge < -0.3 is 19.6 Å². The molecule has 0 fully saturated rings. The first kappa shape index (κ1) is 14.6. The van der Waals surface area contributed by atoms with Gasteiger partial charge >= 0.3 is 0 Å². The molecule has 2 atom stereocenters. The number of aryl methyl sites for hydroxylation is 1. The van der Waals surface area contributed by atoms with Crippen molar-refractivity contribution in [2.24, 2.45) is 0 Å². The molecule has 2 aromatic rings. The lowest BCUT2D eigenvalue weighted by atomic mass is 10.1. The van der Waals surface area contributed by atoms with Crippen molar-refractivity contribution in [1.82, 2.24) is 10.3 Å². The lowest BCUT2D eigenvalue weighted by Crippen LogP contribution is -2.24. The second-order valence-corrected chi connectivity index (χ2v) is 4.73. The average molecular weight is 276 g/mol. The van der Waals surface area contributed by atoms with Crippen LogP contribution in [0.15, 0.2) is 34.9 Å². The van der Waals surface area contributed by atoms with Gasteiger partial charge in [0, 0.05) is 6.54 Å². The van der Waals surface area contributed by atoms with Crippen molar-refractivity contribution >= 4 is 0 Å². The van der Waals surface area contributed by atoms with E-state index >= 15 is 0 Å². The van der Waals surface area contributed by atoms with Crippen LogP contribution in [0.5, 0.6) is 5.75 Å². The van der Waals surface area contributed by atoms with Crippen LogP contribution in [0.3, 0.4) is 0 Å². The Morgan fingerprint density at radius 1 is 1.45 bits per heavy atom. The van der Waals surface area contributed by atoms with Gasteiger partial charge in [-0.15, -0.1) is 0 Å². The fourth-order valence-corrected chi connectivity index (χ4v) is 1.91. The maximum Gasteiger partial charge on any atom is 0.211 e. The molecule has 2 rings (SSSR count). The third-order valence-electron chi connectivity index (χ3n) is 3.11. The summed E-state index contributed by atoms with van der Waals surface area (Å²) in [5.41, 5.74) is 0.813. The molecule has 1 aromatic carbocycles. The quantitative estimate of drug-likeness (QED) is 0.848. The van der Waals surface area contributed by atoms with E-state index in [-0.39, 0.29) is 6.04 Å². The lowest BCUT2D eigenvalue weighted by Gasteiger charge is -2.16. The summed E-state index contributed by atoms with van der Waals surface area (Å²) in [5.74, 6) is 2.14. The molecule has 0 saturated heterocycles. The van der Waals surface area contributed by atoms with Crippen LogP contribution in [-0.4, -0.2) is 23.7 Å². The molecule has 0 aliphatic carbocycles. The highest BCUT2D eigenvalue weighted by molar-refractivity contribution is 5.29. The Morgan fingerprint density at radius 3 is 2.90 bits per heavy atom. The van der Waals surface area contributed by atoms with Crippen molar-refractivity contribution in [2.45, 2.75) is 26.0 Å². The molecule has 0 radical (unpaired) electrons. The Kier molecular flexibility index (Phi) is 4.76. The van der Waals surface area contributed by atoms with Crippen LogP contribution in [0.2, 0.25) is 0 Å². The maximum atomic E-state index is 10.2. The van der Waals surface area contributed by atoms with Gasteiger partial charge in [-0.05, 0) is 31.5 Å². The van der Waals surface area contributed by atoms with Gasteiger partial charge in [0.15, 0.2) is 0 Å². The molecular formula is C15H20N2O3. The van der Waals surface area contributed by atoms with Gasteiger partial charge in [-0.3, -0.25) is 0 Å². The predicted molar refractivity (Wildman–Crippen MR) is 75.6 cm³/mol. The predicted octanol–water partition coefficient (Wildman–Crippen LogP) is 2.38. The van der Waals surface area contributed by atoms with E-state index in [1.807, 2.05) is 38.1 Å². The SMILES string of the molecule is COc1cccc(C(O)CNC(C)c2ncc(C)o2)c1. The van der Waals surface area contributed by atoms with E-state index in [1.165, 1.54) is 0 Å². The average Bonchev–Trinajstić information content (AvgIpc) is 2.91. The Hall–Kier alpha value is -1.85. The fraction of sp³-hybridized carbons (Fsp3) is 0.400. The summed E-state index contributed by atoms with van der Waals surface area (Å²) in [7, 11) is 1.61. The van der Waals surface area contributed by atoms with E-state index in [0.717, 1.165) is 17.1 Å². The van der Waals surface area contributed by atoms with Crippen molar-refractivity contribution in [3.05, 3.63) is 47.7 Å². The molecule has 0 aliphatic rings. The number of ether oxygens (including phenoxy) is 1. The second-order valence-electron chi connectivity index (χ2n) is 4.73. The first-order chi connectivity index (χ1) is 9.60. The molecule has 0 spiro atoms. The molecule has 5 heteroatoms. The van der Waals surface area contributed by atoms with Crippen molar-refractivity contribution in [3.63, 3.8) is 0 Å². The molecule has 0 bridgehead atoms. The van der Waals surface area contributed by atoms with Crippen molar-refractivity contribution in [2.75, 3.05) is 13.7 Å². The molecule has 5 nitrogen and oxygen atoms in total. The zero-order valence-corrected chi connectivity index (χ0v) is 12.0. The number of rotatable bonds is 6. The van der Waals surface area contributed by atoms with Crippen molar-refractivity contribution < 1.29 is 14.3 Å². The Balaban J connectivity index is 1.92. The highest BCUT2D eigenvalue weighted by Gasteiger charge is 2.14. The van der Waals surface area contributed by atoms with Crippen LogP contribution in [0.25, 0.3) is 0 Å². The third kappa shape index (κ3) is 3.59. The Bertz CT molecular complexity index is 554. The largest absolute Gasteiger partial charge is 0.497 e. The van der Waals surface area contributed by atoms with Gasteiger partial charge in [-0.25, -0.2) is 4.98 Å². The number of hydrogen-bond donors (Lipinski definition) is 2. The smallest absolute Gasteiger partial charge is 0.211 e. The van der Waals surface area contributed by atoms with Gasteiger partial charge in [0.1, 0.15) is 11.5 Å². The van der Waals surface area contributed by atoms with E-state index in [2.05, 4.69) is 10.3 Å². The van der Waals surface area contributed by atoms with Gasteiger partial charge in [0.05, 0.1) is 25.5 Å². The summed E-state index contributed by atoms with van der Waals surface area (Å²) >= 11 is 0. The summed E-state index contributed by atoms with van der Waals surface area (Å²) in [5, 5.41) is 13.4. The van der Waals surface area contributed by atoms with Crippen molar-refractivity contribution in [1.29, 1.82) is 0 Å². The van der Waals surface area contributed by atoms with Gasteiger partial charge in [-0.1, -0.05) is 12.1 Å². The normalized spacial score (nSPS) is 14.0. The van der Waals surface area contributed by atoms with Crippen LogP contribution < -0.4 is 10.1 Å². The molecule has 1 heterocycles. The molecular weight excluding hydrogens is 256 g/mol. The number of nitrogens with zero attached hydrogens (tertiary/aromatic N) is 1. The van der Waals surface area contributed by atoms with Gasteiger partial charge in [0.2, 0.25) is 5.89 Å². The number of methoxy groups -OCH3 is 1. The van der Waals surface area contributed by atoms with Crippen LogP contribution in [0.1, 0.15) is 36.3 Å². The maximum absolute atomic E-state index is 10.2. The van der Waals surface area contributed by atoms with E-state index < -0.39 is 6.10 Å². The Morgan fingerprint density at radius 2 is 2.25 bits per heavy atom. The summed E-state index contributed by atoms with van der Waals surface area (Å²) < 4.78 is 10.6. The molecule has 0 amide bonds. The first-order valence-corrected chi connectivity index (χ1v) is 6.58. The monoisotopic (exact) mass is 276 g/mol. The van der Waals surface area contributed by atoms with Crippen LogP contribution >= 0.6 is 0 Å². The second kappa shape index (κ2) is 6.54. The minimum atomic E-state index is -0.608. The first-order valence-electron chi connectivity index (χ1n) is 6.58. The standard InChI is InChI=1S/C15H20N2O3/c1-10-8-17-15(20-10)11(2)16-9-14(18)12-5-4-6-13(7-12)19-3/h4-8,11,14,16,18H,9H2,1-3H3. The molecule has 2 N–H and O–H groups in total. The van der Waals surface area contributed by atoms with E-state index in [0.29, 0.717) is 12.4 Å². The number of oxazole rings is 1. The minimum Gasteiger partial charge on any atom is -0.497 e. The summed E-state index contributed by atoms with van der Waals surface area (Å²) in [4.78, 5) is 4.16. The summed E-state index contributed by atoms with van der Waals surface area (Å²) in [6.07, 6.45) is 1.08. The lowest BCUT2D eigenvalue weighted by molar-refractivity contribution is 0.168. The third-order valence-corrected chi connectivity index (χ3v) is 3.11. The topological polar surface area (TPSA) is 67.5 Å². The van der Waals surface area contributed by atoms with E-state index in [4.69, 9.17) is 9.15 Å². The minimum absolute atomic E-state index is 0.0519. The van der Waals surface area contributed by atoms with E-state index in [9.17, 15) is 5.11 Å². The van der Waals surface area contributed by atoms with E-state index in [1.54, 1.807) is 13.3 Å². The zero-order chi connectivity index (χ0) is 14.5. The fourth-order valence-electron chi connectivity index (χ4n) is 1.91. The molecule has 1 aromatic heterocycles. The number of aliphatic hydroxyl groups excluding tert-OH is 1. The highest BCUT2D eigenvalue weighted by atomic mass is 16.5. The molecule has 108 valence electrons. The number of aliphatic hydroxyl groups is 1. The summed E-state index contributed by atoms with van der Waals surface area (Å²) in [6, 6.07) is 7.35. The summed E-state index contributed by atoms with van der Waals surface area (Å²) in [6.45, 7) is 4.22. The van der Waals surface area contributed by atoms with Gasteiger partial charge in [-0.2, -0.15) is 0 Å². The number of hydrogen-bond acceptors (Lipinski definition) is 5. The molecule has 0 saturated carbocycles. The molecule has 2 unspecified atom stereocenters. The number of aromatic nitrogens is 1. The number of nitrogens with one attached hydrogen (secondary N) is 1. The van der Waals surface area contributed by atoms with Crippen LogP contribution in [0.4, 0.5) is 0 Å². The molecule has 0 aliphatic heterocycles. The highest BCUT2D eigenvalue weighted by Crippen LogP contribution is 2.19.